The number of carbonyl (C=O) groups excluding carboxylic acids is 1. The fourth-order valence-corrected chi connectivity index (χ4v) is 3.22. The lowest BCUT2D eigenvalue weighted by molar-refractivity contribution is -0.131. The van der Waals surface area contributed by atoms with E-state index in [0.717, 1.165) is 37.2 Å². The summed E-state index contributed by atoms with van der Waals surface area (Å²) >= 11 is 0. The van der Waals surface area contributed by atoms with Crippen LogP contribution >= 0.6 is 0 Å². The van der Waals surface area contributed by atoms with Crippen LogP contribution in [0.5, 0.6) is 0 Å². The van der Waals surface area contributed by atoms with Crippen LogP contribution in [0.3, 0.4) is 0 Å². The van der Waals surface area contributed by atoms with E-state index in [1.54, 1.807) is 6.20 Å². The highest BCUT2D eigenvalue weighted by Gasteiger charge is 2.28. The molecule has 1 aliphatic heterocycles. The van der Waals surface area contributed by atoms with Gasteiger partial charge >= 0.3 is 0 Å². The van der Waals surface area contributed by atoms with E-state index in [1.807, 2.05) is 23.1 Å². The lowest BCUT2D eigenvalue weighted by Gasteiger charge is -2.26. The summed E-state index contributed by atoms with van der Waals surface area (Å²) in [4.78, 5) is 19.7. The molecule has 1 aromatic heterocycles. The van der Waals surface area contributed by atoms with E-state index < -0.39 is 0 Å². The van der Waals surface area contributed by atoms with E-state index in [-0.39, 0.29) is 11.8 Å². The molecule has 1 saturated heterocycles. The summed E-state index contributed by atoms with van der Waals surface area (Å²) in [5.74, 6) is -0.107. The number of amides is 1. The number of hydrogen-bond acceptors (Lipinski definition) is 2. The second-order valence-corrected chi connectivity index (χ2v) is 6.34. The van der Waals surface area contributed by atoms with E-state index in [4.69, 9.17) is 0 Å². The Balaban J connectivity index is 1.94. The number of aromatic nitrogens is 1. The molecule has 1 aliphatic rings. The molecular formula is C20H24N2O. The first-order valence-electron chi connectivity index (χ1n) is 8.52. The SMILES string of the molecule is Cc1ccc(C(C(=O)N2CCCCCC2)c2ccccn2)cc1. The van der Waals surface area contributed by atoms with Gasteiger partial charge in [0.15, 0.2) is 0 Å². The average molecular weight is 308 g/mol. The minimum Gasteiger partial charge on any atom is -0.342 e. The second-order valence-electron chi connectivity index (χ2n) is 6.34. The lowest BCUT2D eigenvalue weighted by Crippen LogP contribution is -2.36. The zero-order chi connectivity index (χ0) is 16.1. The molecule has 0 radical (unpaired) electrons. The molecule has 1 amide bonds. The van der Waals surface area contributed by atoms with Gasteiger partial charge in [-0.05, 0) is 37.5 Å². The molecule has 23 heavy (non-hydrogen) atoms. The Morgan fingerprint density at radius 3 is 2.30 bits per heavy atom. The van der Waals surface area contributed by atoms with Crippen LogP contribution in [0.25, 0.3) is 0 Å². The average Bonchev–Trinajstić information content (AvgIpc) is 2.87. The topological polar surface area (TPSA) is 33.2 Å². The maximum atomic E-state index is 13.2. The quantitative estimate of drug-likeness (QED) is 0.861. The molecule has 0 bridgehead atoms. The van der Waals surface area contributed by atoms with Crippen LogP contribution in [0.2, 0.25) is 0 Å². The first-order chi connectivity index (χ1) is 11.3. The molecule has 3 rings (SSSR count). The van der Waals surface area contributed by atoms with Crippen LogP contribution < -0.4 is 0 Å². The Morgan fingerprint density at radius 1 is 1.00 bits per heavy atom. The highest BCUT2D eigenvalue weighted by molar-refractivity contribution is 5.86. The van der Waals surface area contributed by atoms with Crippen molar-refractivity contribution in [2.75, 3.05) is 13.1 Å². The number of carbonyl (C=O) groups is 1. The van der Waals surface area contributed by atoms with Crippen molar-refractivity contribution in [1.82, 2.24) is 9.88 Å². The Labute approximate surface area is 138 Å². The van der Waals surface area contributed by atoms with Gasteiger partial charge < -0.3 is 4.90 Å². The minimum absolute atomic E-state index is 0.189. The van der Waals surface area contributed by atoms with Crippen molar-refractivity contribution in [3.8, 4) is 0 Å². The van der Waals surface area contributed by atoms with Crippen molar-refractivity contribution in [2.45, 2.75) is 38.5 Å². The van der Waals surface area contributed by atoms with Crippen molar-refractivity contribution in [3.05, 3.63) is 65.5 Å². The van der Waals surface area contributed by atoms with E-state index in [9.17, 15) is 4.79 Å². The van der Waals surface area contributed by atoms with E-state index in [2.05, 4.69) is 36.2 Å². The van der Waals surface area contributed by atoms with Crippen molar-refractivity contribution >= 4 is 5.91 Å². The van der Waals surface area contributed by atoms with Gasteiger partial charge in [0, 0.05) is 19.3 Å². The number of pyridine rings is 1. The van der Waals surface area contributed by atoms with Gasteiger partial charge in [-0.15, -0.1) is 0 Å². The summed E-state index contributed by atoms with van der Waals surface area (Å²) in [7, 11) is 0. The fourth-order valence-electron chi connectivity index (χ4n) is 3.22. The largest absolute Gasteiger partial charge is 0.342 e. The molecule has 1 unspecified atom stereocenters. The third kappa shape index (κ3) is 3.79. The Kier molecular flexibility index (Phi) is 5.06. The summed E-state index contributed by atoms with van der Waals surface area (Å²) in [6.07, 6.45) is 6.43. The number of benzene rings is 1. The molecule has 120 valence electrons. The standard InChI is InChI=1S/C20H24N2O/c1-16-9-11-17(12-10-16)19(18-8-4-5-13-21-18)20(23)22-14-6-2-3-7-15-22/h4-5,8-13,19H,2-3,6-7,14-15H2,1H3. The molecule has 1 aromatic carbocycles. The van der Waals surface area contributed by atoms with Crippen molar-refractivity contribution in [1.29, 1.82) is 0 Å². The van der Waals surface area contributed by atoms with Gasteiger partial charge in [-0.1, -0.05) is 48.7 Å². The lowest BCUT2D eigenvalue weighted by atomic mass is 9.92. The molecule has 2 heterocycles. The molecule has 0 aliphatic carbocycles. The van der Waals surface area contributed by atoms with Crippen LogP contribution in [0.1, 0.15) is 48.4 Å². The first-order valence-corrected chi connectivity index (χ1v) is 8.52. The van der Waals surface area contributed by atoms with Crippen LogP contribution in [0, 0.1) is 6.92 Å². The van der Waals surface area contributed by atoms with Gasteiger partial charge in [-0.25, -0.2) is 0 Å². The molecule has 3 heteroatoms. The number of rotatable bonds is 3. The van der Waals surface area contributed by atoms with Gasteiger partial charge in [0.1, 0.15) is 5.92 Å². The maximum Gasteiger partial charge on any atom is 0.236 e. The van der Waals surface area contributed by atoms with E-state index in [0.29, 0.717) is 0 Å². The summed E-state index contributed by atoms with van der Waals surface area (Å²) in [5, 5.41) is 0. The summed E-state index contributed by atoms with van der Waals surface area (Å²) in [5.41, 5.74) is 3.07. The molecule has 2 aromatic rings. The fraction of sp³-hybridized carbons (Fsp3) is 0.400. The summed E-state index contributed by atoms with van der Waals surface area (Å²) in [6, 6.07) is 14.1. The summed E-state index contributed by atoms with van der Waals surface area (Å²) < 4.78 is 0. The van der Waals surface area contributed by atoms with Crippen molar-refractivity contribution < 1.29 is 4.79 Å². The van der Waals surface area contributed by atoms with Crippen LogP contribution in [-0.2, 0) is 4.79 Å². The van der Waals surface area contributed by atoms with Gasteiger partial charge in [0.2, 0.25) is 5.91 Å². The predicted octanol–water partition coefficient (Wildman–Crippen LogP) is 3.92. The van der Waals surface area contributed by atoms with Crippen LogP contribution in [-0.4, -0.2) is 28.9 Å². The number of likely N-dealkylation sites (tertiary alicyclic amines) is 1. The first kappa shape index (κ1) is 15.7. The van der Waals surface area contributed by atoms with Crippen molar-refractivity contribution in [2.24, 2.45) is 0 Å². The normalized spacial score (nSPS) is 16.7. The minimum atomic E-state index is -0.296. The number of aryl methyl sites for hydroxylation is 1. The van der Waals surface area contributed by atoms with Gasteiger partial charge in [0.05, 0.1) is 5.69 Å². The molecule has 0 spiro atoms. The second kappa shape index (κ2) is 7.40. The highest BCUT2D eigenvalue weighted by atomic mass is 16.2. The molecular weight excluding hydrogens is 284 g/mol. The third-order valence-electron chi connectivity index (χ3n) is 4.56. The Bertz CT molecular complexity index is 628. The Morgan fingerprint density at radius 2 is 1.70 bits per heavy atom. The monoisotopic (exact) mass is 308 g/mol. The molecule has 1 atom stereocenters. The van der Waals surface area contributed by atoms with E-state index >= 15 is 0 Å². The molecule has 0 saturated carbocycles. The molecule has 1 fully saturated rings. The smallest absolute Gasteiger partial charge is 0.236 e. The van der Waals surface area contributed by atoms with Gasteiger partial charge in [-0.3, -0.25) is 9.78 Å². The van der Waals surface area contributed by atoms with Crippen LogP contribution in [0.4, 0.5) is 0 Å². The maximum absolute atomic E-state index is 13.2. The van der Waals surface area contributed by atoms with E-state index in [1.165, 1.54) is 18.4 Å². The van der Waals surface area contributed by atoms with Crippen LogP contribution in [0.15, 0.2) is 48.7 Å². The zero-order valence-electron chi connectivity index (χ0n) is 13.7. The third-order valence-corrected chi connectivity index (χ3v) is 4.56. The highest BCUT2D eigenvalue weighted by Crippen LogP contribution is 2.27. The number of nitrogens with zero attached hydrogens (tertiary/aromatic N) is 2. The van der Waals surface area contributed by atoms with Gasteiger partial charge in [0.25, 0.3) is 0 Å². The molecule has 0 N–H and O–H groups in total. The Hall–Kier alpha value is -2.16. The van der Waals surface area contributed by atoms with Gasteiger partial charge in [-0.2, -0.15) is 0 Å². The van der Waals surface area contributed by atoms with Crippen molar-refractivity contribution in [3.63, 3.8) is 0 Å². The zero-order valence-corrected chi connectivity index (χ0v) is 13.7. The predicted molar refractivity (Wildman–Crippen MR) is 92.3 cm³/mol. The number of hydrogen-bond donors (Lipinski definition) is 0. The summed E-state index contributed by atoms with van der Waals surface area (Å²) in [6.45, 7) is 3.80. The molecule has 3 nitrogen and oxygen atoms in total.